The minimum Gasteiger partial charge on any atom is -0.497 e. The van der Waals surface area contributed by atoms with Gasteiger partial charge in [-0.15, -0.1) is 10.2 Å². The number of amides is 1. The van der Waals surface area contributed by atoms with E-state index >= 15 is 0 Å². The number of piperazine rings is 1. The van der Waals surface area contributed by atoms with Crippen molar-refractivity contribution in [3.8, 4) is 17.0 Å². The summed E-state index contributed by atoms with van der Waals surface area (Å²) in [5.74, 6) is 1.73. The Morgan fingerprint density at radius 3 is 2.47 bits per heavy atom. The molecule has 160 valence electrons. The maximum absolute atomic E-state index is 12.8. The van der Waals surface area contributed by atoms with Gasteiger partial charge in [-0.1, -0.05) is 0 Å². The average molecular weight is 411 g/mol. The minimum absolute atomic E-state index is 0.0264. The second-order valence-corrected chi connectivity index (χ2v) is 8.06. The summed E-state index contributed by atoms with van der Waals surface area (Å²) in [5.41, 5.74) is 4.94. The van der Waals surface area contributed by atoms with Crippen LogP contribution < -0.4 is 15.1 Å². The first-order valence-corrected chi connectivity index (χ1v) is 10.6. The van der Waals surface area contributed by atoms with Crippen molar-refractivity contribution in [3.63, 3.8) is 0 Å². The third-order valence-electron chi connectivity index (χ3n) is 5.92. The van der Waals surface area contributed by atoms with Crippen molar-refractivity contribution in [2.45, 2.75) is 12.8 Å². The van der Waals surface area contributed by atoms with Crippen LogP contribution in [0.5, 0.6) is 5.75 Å². The number of nitrogens with zero attached hydrogens (tertiary/aromatic N) is 5. The zero-order chi connectivity index (χ0) is 20.9. The SMILES string of the molecule is COc1ccc(-c2ccc(N3CCC[C@H](C(=O)NN4CCN(C)CC4)C3)nn2)cc1. The molecule has 2 aliphatic rings. The Hall–Kier alpha value is -2.71. The van der Waals surface area contributed by atoms with Crippen LogP contribution in [-0.2, 0) is 4.79 Å². The molecule has 1 atom stereocenters. The number of hydrogen-bond acceptors (Lipinski definition) is 7. The van der Waals surface area contributed by atoms with Gasteiger partial charge < -0.3 is 14.5 Å². The molecule has 0 bridgehead atoms. The molecule has 1 aromatic heterocycles. The van der Waals surface area contributed by atoms with Crippen LogP contribution in [0.4, 0.5) is 5.82 Å². The van der Waals surface area contributed by atoms with Gasteiger partial charge >= 0.3 is 0 Å². The van der Waals surface area contributed by atoms with E-state index in [1.54, 1.807) is 7.11 Å². The molecule has 8 heteroatoms. The van der Waals surface area contributed by atoms with Crippen LogP contribution in [0.1, 0.15) is 12.8 Å². The van der Waals surface area contributed by atoms with Crippen LogP contribution in [0, 0.1) is 5.92 Å². The van der Waals surface area contributed by atoms with Gasteiger partial charge in [0.25, 0.3) is 0 Å². The topological polar surface area (TPSA) is 73.8 Å². The van der Waals surface area contributed by atoms with Gasteiger partial charge in [-0.2, -0.15) is 0 Å². The number of hydrazine groups is 1. The number of piperidine rings is 1. The zero-order valence-electron chi connectivity index (χ0n) is 17.8. The highest BCUT2D eigenvalue weighted by Crippen LogP contribution is 2.24. The molecular formula is C22H30N6O2. The van der Waals surface area contributed by atoms with E-state index in [1.807, 2.05) is 41.4 Å². The number of methoxy groups -OCH3 is 1. The van der Waals surface area contributed by atoms with Gasteiger partial charge in [-0.05, 0) is 56.3 Å². The number of ether oxygens (including phenoxy) is 1. The number of aromatic nitrogens is 2. The Balaban J connectivity index is 1.36. The van der Waals surface area contributed by atoms with E-state index < -0.39 is 0 Å². The molecule has 0 spiro atoms. The van der Waals surface area contributed by atoms with Gasteiger partial charge in [0.15, 0.2) is 5.82 Å². The number of nitrogens with one attached hydrogen (secondary N) is 1. The fourth-order valence-electron chi connectivity index (χ4n) is 3.97. The molecule has 1 N–H and O–H groups in total. The molecule has 0 saturated carbocycles. The largest absolute Gasteiger partial charge is 0.497 e. The summed E-state index contributed by atoms with van der Waals surface area (Å²) in [4.78, 5) is 17.2. The minimum atomic E-state index is -0.0264. The van der Waals surface area contributed by atoms with Crippen LogP contribution in [0.25, 0.3) is 11.3 Å². The molecule has 3 heterocycles. The number of benzene rings is 1. The Morgan fingerprint density at radius 2 is 1.80 bits per heavy atom. The maximum atomic E-state index is 12.8. The molecule has 2 fully saturated rings. The average Bonchev–Trinajstić information content (AvgIpc) is 2.81. The van der Waals surface area contributed by atoms with Crippen molar-refractivity contribution < 1.29 is 9.53 Å². The molecule has 0 unspecified atom stereocenters. The number of rotatable bonds is 5. The fourth-order valence-corrected chi connectivity index (χ4v) is 3.97. The monoisotopic (exact) mass is 410 g/mol. The first-order chi connectivity index (χ1) is 14.6. The predicted molar refractivity (Wildman–Crippen MR) is 116 cm³/mol. The Kier molecular flexibility index (Phi) is 6.44. The lowest BCUT2D eigenvalue weighted by atomic mass is 9.97. The van der Waals surface area contributed by atoms with E-state index in [1.165, 1.54) is 0 Å². The summed E-state index contributed by atoms with van der Waals surface area (Å²) in [5, 5.41) is 10.9. The molecule has 0 radical (unpaired) electrons. The van der Waals surface area contributed by atoms with Gasteiger partial charge in [0.2, 0.25) is 5.91 Å². The van der Waals surface area contributed by atoms with Crippen LogP contribution in [0.3, 0.4) is 0 Å². The molecule has 0 aliphatic carbocycles. The number of hydrogen-bond donors (Lipinski definition) is 1. The van der Waals surface area contributed by atoms with E-state index in [0.29, 0.717) is 6.54 Å². The molecule has 8 nitrogen and oxygen atoms in total. The fraction of sp³-hybridized carbons (Fsp3) is 0.500. The molecule has 2 saturated heterocycles. The Labute approximate surface area is 177 Å². The highest BCUT2D eigenvalue weighted by Gasteiger charge is 2.28. The highest BCUT2D eigenvalue weighted by atomic mass is 16.5. The number of carbonyl (C=O) groups is 1. The molecule has 2 aromatic rings. The Morgan fingerprint density at radius 1 is 1.03 bits per heavy atom. The molecule has 1 amide bonds. The van der Waals surface area contributed by atoms with Gasteiger partial charge in [-0.3, -0.25) is 10.2 Å². The number of carbonyl (C=O) groups excluding carboxylic acids is 1. The van der Waals surface area contributed by atoms with Crippen molar-refractivity contribution in [1.82, 2.24) is 25.5 Å². The third kappa shape index (κ3) is 4.88. The van der Waals surface area contributed by atoms with Gasteiger partial charge in [0.05, 0.1) is 18.7 Å². The highest BCUT2D eigenvalue weighted by molar-refractivity contribution is 5.79. The lowest BCUT2D eigenvalue weighted by Gasteiger charge is -2.36. The summed E-state index contributed by atoms with van der Waals surface area (Å²) >= 11 is 0. The first kappa shape index (κ1) is 20.6. The second-order valence-electron chi connectivity index (χ2n) is 8.06. The van der Waals surface area contributed by atoms with Gasteiger partial charge in [0, 0.05) is 44.8 Å². The zero-order valence-corrected chi connectivity index (χ0v) is 17.8. The van der Waals surface area contributed by atoms with Crippen molar-refractivity contribution in [2.24, 2.45) is 5.92 Å². The van der Waals surface area contributed by atoms with Crippen molar-refractivity contribution in [3.05, 3.63) is 36.4 Å². The molecule has 30 heavy (non-hydrogen) atoms. The van der Waals surface area contributed by atoms with Crippen molar-refractivity contribution in [2.75, 3.05) is 58.3 Å². The second kappa shape index (κ2) is 9.40. The van der Waals surface area contributed by atoms with Crippen LogP contribution in [0.2, 0.25) is 0 Å². The van der Waals surface area contributed by atoms with E-state index in [-0.39, 0.29) is 11.8 Å². The lowest BCUT2D eigenvalue weighted by molar-refractivity contribution is -0.131. The first-order valence-electron chi connectivity index (χ1n) is 10.6. The van der Waals surface area contributed by atoms with Gasteiger partial charge in [-0.25, -0.2) is 5.01 Å². The van der Waals surface area contributed by atoms with Crippen LogP contribution >= 0.6 is 0 Å². The lowest BCUT2D eigenvalue weighted by Crippen LogP contribution is -2.55. The summed E-state index contributed by atoms with van der Waals surface area (Å²) in [7, 11) is 3.76. The van der Waals surface area contributed by atoms with E-state index in [9.17, 15) is 4.79 Å². The van der Waals surface area contributed by atoms with Crippen molar-refractivity contribution >= 4 is 11.7 Å². The van der Waals surface area contributed by atoms with E-state index in [4.69, 9.17) is 4.74 Å². The maximum Gasteiger partial charge on any atom is 0.239 e. The molecule has 1 aromatic carbocycles. The molecule has 4 rings (SSSR count). The smallest absolute Gasteiger partial charge is 0.239 e. The summed E-state index contributed by atoms with van der Waals surface area (Å²) in [6.07, 6.45) is 1.89. The summed E-state index contributed by atoms with van der Waals surface area (Å²) in [6.45, 7) is 5.28. The van der Waals surface area contributed by atoms with Crippen LogP contribution in [0.15, 0.2) is 36.4 Å². The molecular weight excluding hydrogens is 380 g/mol. The standard InChI is InChI=1S/C22H30N6O2/c1-26-12-14-28(15-13-26)25-22(29)18-4-3-11-27(16-18)21-10-9-20(23-24-21)17-5-7-19(30-2)8-6-17/h5-10,18H,3-4,11-16H2,1-2H3,(H,25,29)/t18-/m0/s1. The summed E-state index contributed by atoms with van der Waals surface area (Å²) < 4.78 is 5.20. The number of anilines is 1. The quantitative estimate of drug-likeness (QED) is 0.803. The third-order valence-corrected chi connectivity index (χ3v) is 5.92. The van der Waals surface area contributed by atoms with Crippen LogP contribution in [-0.4, -0.2) is 79.4 Å². The molecule has 2 aliphatic heterocycles. The normalized spacial score (nSPS) is 20.7. The number of likely N-dealkylation sites (N-methyl/N-ethyl adjacent to an activating group) is 1. The van der Waals surface area contributed by atoms with Gasteiger partial charge in [0.1, 0.15) is 5.75 Å². The van der Waals surface area contributed by atoms with E-state index in [2.05, 4.69) is 32.5 Å². The summed E-state index contributed by atoms with van der Waals surface area (Å²) in [6, 6.07) is 11.8. The predicted octanol–water partition coefficient (Wildman–Crippen LogP) is 1.65. The van der Waals surface area contributed by atoms with E-state index in [0.717, 1.165) is 68.4 Å². The van der Waals surface area contributed by atoms with Crippen molar-refractivity contribution in [1.29, 1.82) is 0 Å². The Bertz CT molecular complexity index is 834.